The second kappa shape index (κ2) is 13.5. The first-order valence-electron chi connectivity index (χ1n) is 13.3. The maximum absolute atomic E-state index is 14.2. The Hall–Kier alpha value is -4.05. The summed E-state index contributed by atoms with van der Waals surface area (Å²) in [5, 5.41) is 2.64. The van der Waals surface area contributed by atoms with Crippen molar-refractivity contribution in [3.8, 4) is 11.5 Å². The first-order chi connectivity index (χ1) is 19.4. The fraction of sp³-hybridized carbons (Fsp3) is 0.355. The number of amides is 2. The van der Waals surface area contributed by atoms with Crippen LogP contribution < -0.4 is 19.1 Å². The Morgan fingerprint density at radius 2 is 1.54 bits per heavy atom. The summed E-state index contributed by atoms with van der Waals surface area (Å²) in [5.41, 5.74) is 3.87. The van der Waals surface area contributed by atoms with Crippen molar-refractivity contribution in [3.05, 3.63) is 82.9 Å². The number of nitrogens with zero attached hydrogens (tertiary/aromatic N) is 2. The van der Waals surface area contributed by atoms with Crippen LogP contribution in [0.25, 0.3) is 0 Å². The number of methoxy groups -OCH3 is 2. The lowest BCUT2D eigenvalue weighted by molar-refractivity contribution is -0.140. The molecule has 0 aromatic heterocycles. The highest BCUT2D eigenvalue weighted by atomic mass is 32.2. The van der Waals surface area contributed by atoms with Gasteiger partial charge in [-0.25, -0.2) is 8.42 Å². The van der Waals surface area contributed by atoms with Gasteiger partial charge in [0.1, 0.15) is 12.6 Å². The van der Waals surface area contributed by atoms with Gasteiger partial charge < -0.3 is 19.7 Å². The predicted octanol–water partition coefficient (Wildman–Crippen LogP) is 4.38. The average Bonchev–Trinajstić information content (AvgIpc) is 2.94. The number of benzene rings is 3. The lowest BCUT2D eigenvalue weighted by Gasteiger charge is -2.33. The molecule has 3 aromatic carbocycles. The monoisotopic (exact) mass is 581 g/mol. The van der Waals surface area contributed by atoms with Crippen LogP contribution in [0.15, 0.2) is 65.6 Å². The molecular weight excluding hydrogens is 542 g/mol. The summed E-state index contributed by atoms with van der Waals surface area (Å²) in [6.45, 7) is 7.12. The molecule has 0 fully saturated rings. The summed E-state index contributed by atoms with van der Waals surface area (Å²) in [6.07, 6.45) is 0.350. The molecule has 41 heavy (non-hydrogen) atoms. The molecular formula is C31H39N3O6S. The molecule has 0 heterocycles. The highest BCUT2D eigenvalue weighted by Crippen LogP contribution is 2.33. The van der Waals surface area contributed by atoms with E-state index in [-0.39, 0.29) is 23.1 Å². The molecule has 0 saturated heterocycles. The lowest BCUT2D eigenvalue weighted by Crippen LogP contribution is -2.51. The number of nitrogens with one attached hydrogen (secondary N) is 1. The highest BCUT2D eigenvalue weighted by molar-refractivity contribution is 7.92. The van der Waals surface area contributed by atoms with E-state index in [4.69, 9.17) is 9.47 Å². The number of hydrogen-bond acceptors (Lipinski definition) is 6. The number of aryl methyl sites for hydroxylation is 3. The van der Waals surface area contributed by atoms with Crippen molar-refractivity contribution in [1.29, 1.82) is 0 Å². The van der Waals surface area contributed by atoms with E-state index in [0.717, 1.165) is 26.6 Å². The van der Waals surface area contributed by atoms with Crippen molar-refractivity contribution in [2.24, 2.45) is 0 Å². The number of likely N-dealkylation sites (N-methyl/N-ethyl adjacent to an activating group) is 1. The van der Waals surface area contributed by atoms with Gasteiger partial charge in [-0.2, -0.15) is 0 Å². The number of anilines is 1. The molecule has 0 saturated carbocycles. The quantitative estimate of drug-likeness (QED) is 0.341. The zero-order valence-electron chi connectivity index (χ0n) is 24.7. The number of ether oxygens (including phenoxy) is 2. The third-order valence-electron chi connectivity index (χ3n) is 6.78. The van der Waals surface area contributed by atoms with Crippen LogP contribution in [0, 0.1) is 20.8 Å². The van der Waals surface area contributed by atoms with Gasteiger partial charge in [0.05, 0.1) is 24.8 Å². The summed E-state index contributed by atoms with van der Waals surface area (Å²) in [7, 11) is 0.143. The van der Waals surface area contributed by atoms with E-state index in [9.17, 15) is 18.0 Å². The molecule has 0 aliphatic rings. The predicted molar refractivity (Wildman–Crippen MR) is 160 cm³/mol. The Morgan fingerprint density at radius 3 is 2.10 bits per heavy atom. The first-order valence-corrected chi connectivity index (χ1v) is 14.8. The van der Waals surface area contributed by atoms with Gasteiger partial charge in [-0.1, -0.05) is 42.8 Å². The molecule has 0 bridgehead atoms. The minimum atomic E-state index is -4.26. The molecule has 0 aliphatic carbocycles. The summed E-state index contributed by atoms with van der Waals surface area (Å²) in [4.78, 5) is 28.4. The number of rotatable bonds is 12. The average molecular weight is 582 g/mol. The van der Waals surface area contributed by atoms with Crippen LogP contribution in [0.4, 0.5) is 5.69 Å². The van der Waals surface area contributed by atoms with Crippen LogP contribution in [-0.2, 0) is 26.2 Å². The van der Waals surface area contributed by atoms with Crippen molar-refractivity contribution in [2.75, 3.05) is 32.1 Å². The van der Waals surface area contributed by atoms with E-state index in [0.29, 0.717) is 17.9 Å². The second-order valence-electron chi connectivity index (χ2n) is 9.92. The standard InChI is InChI=1S/C31H39N3O6S/c1-8-27(31(36)32-5)33(19-24-11-9-10-21(2)15-24)30(35)20-34(25-16-22(3)14-23(4)17-25)41(37,38)26-12-13-28(39-6)29(18-26)40-7/h9-18,27H,8,19-20H2,1-7H3,(H,32,36)/t27-/m1/s1. The first kappa shape index (κ1) is 31.5. The molecule has 220 valence electrons. The lowest BCUT2D eigenvalue weighted by atomic mass is 10.1. The van der Waals surface area contributed by atoms with Crippen LogP contribution >= 0.6 is 0 Å². The van der Waals surface area contributed by atoms with Crippen molar-refractivity contribution in [1.82, 2.24) is 10.2 Å². The SMILES string of the molecule is CC[C@H](C(=O)NC)N(Cc1cccc(C)c1)C(=O)CN(c1cc(C)cc(C)c1)S(=O)(=O)c1ccc(OC)c(OC)c1. The zero-order chi connectivity index (χ0) is 30.3. The Morgan fingerprint density at radius 1 is 0.878 bits per heavy atom. The van der Waals surface area contributed by atoms with Crippen LogP contribution in [0.1, 0.15) is 35.6 Å². The third-order valence-corrected chi connectivity index (χ3v) is 8.55. The van der Waals surface area contributed by atoms with E-state index in [2.05, 4.69) is 5.32 Å². The molecule has 10 heteroatoms. The minimum absolute atomic E-state index is 0.0642. The molecule has 0 spiro atoms. The van der Waals surface area contributed by atoms with Crippen molar-refractivity contribution in [3.63, 3.8) is 0 Å². The fourth-order valence-electron chi connectivity index (χ4n) is 4.82. The highest BCUT2D eigenvalue weighted by Gasteiger charge is 2.34. The molecule has 1 atom stereocenters. The normalized spacial score (nSPS) is 11.9. The summed E-state index contributed by atoms with van der Waals surface area (Å²) < 4.78 is 40.1. The molecule has 3 rings (SSSR count). The largest absolute Gasteiger partial charge is 0.493 e. The Labute approximate surface area is 243 Å². The molecule has 2 amide bonds. The molecule has 0 aliphatic heterocycles. The maximum atomic E-state index is 14.2. The van der Waals surface area contributed by atoms with E-state index in [1.165, 1.54) is 44.4 Å². The topological polar surface area (TPSA) is 105 Å². The van der Waals surface area contributed by atoms with E-state index < -0.39 is 28.5 Å². The second-order valence-corrected chi connectivity index (χ2v) is 11.8. The van der Waals surface area contributed by atoms with Crippen molar-refractivity contribution in [2.45, 2.75) is 51.6 Å². The van der Waals surface area contributed by atoms with E-state index in [1.807, 2.05) is 58.0 Å². The fourth-order valence-corrected chi connectivity index (χ4v) is 6.23. The number of carbonyl (C=O) groups is 2. The van der Waals surface area contributed by atoms with E-state index in [1.54, 1.807) is 12.1 Å². The Kier molecular flexibility index (Phi) is 10.4. The van der Waals surface area contributed by atoms with Gasteiger partial charge in [0.15, 0.2) is 11.5 Å². The van der Waals surface area contributed by atoms with E-state index >= 15 is 0 Å². The molecule has 3 aromatic rings. The van der Waals surface area contributed by atoms with Gasteiger partial charge in [-0.15, -0.1) is 0 Å². The van der Waals surface area contributed by atoms with Gasteiger partial charge >= 0.3 is 0 Å². The van der Waals surface area contributed by atoms with Gasteiger partial charge in [-0.05, 0) is 68.1 Å². The molecule has 9 nitrogen and oxygen atoms in total. The van der Waals surface area contributed by atoms with Gasteiger partial charge in [0, 0.05) is 19.7 Å². The van der Waals surface area contributed by atoms with Gasteiger partial charge in [0.2, 0.25) is 11.8 Å². The molecule has 0 radical (unpaired) electrons. The Bertz CT molecular complexity index is 1490. The smallest absolute Gasteiger partial charge is 0.264 e. The van der Waals surface area contributed by atoms with Crippen LogP contribution in [0.5, 0.6) is 11.5 Å². The maximum Gasteiger partial charge on any atom is 0.264 e. The van der Waals surface area contributed by atoms with Crippen LogP contribution in [-0.4, -0.2) is 59.0 Å². The minimum Gasteiger partial charge on any atom is -0.493 e. The van der Waals surface area contributed by atoms with Crippen LogP contribution in [0.3, 0.4) is 0 Å². The zero-order valence-corrected chi connectivity index (χ0v) is 25.5. The van der Waals surface area contributed by atoms with Gasteiger partial charge in [-0.3, -0.25) is 13.9 Å². The summed E-state index contributed by atoms with van der Waals surface area (Å²) >= 11 is 0. The van der Waals surface area contributed by atoms with Gasteiger partial charge in [0.25, 0.3) is 10.0 Å². The Balaban J connectivity index is 2.14. The van der Waals surface area contributed by atoms with Crippen molar-refractivity contribution >= 4 is 27.5 Å². The molecule has 0 unspecified atom stereocenters. The summed E-state index contributed by atoms with van der Waals surface area (Å²) in [6, 6.07) is 16.5. The molecule has 1 N–H and O–H groups in total. The number of sulfonamides is 1. The third kappa shape index (κ3) is 7.38. The number of hydrogen-bond donors (Lipinski definition) is 1. The number of carbonyl (C=O) groups excluding carboxylic acids is 2. The summed E-state index contributed by atoms with van der Waals surface area (Å²) in [5.74, 6) is -0.215. The van der Waals surface area contributed by atoms with Crippen molar-refractivity contribution < 1.29 is 27.5 Å². The van der Waals surface area contributed by atoms with Crippen LogP contribution in [0.2, 0.25) is 0 Å².